The second kappa shape index (κ2) is 6.00. The minimum atomic E-state index is -0.784. The van der Waals surface area contributed by atoms with Crippen molar-refractivity contribution < 1.29 is 89.3 Å². The molecule has 2 amide bonds. The molecule has 6 nitrogen and oxygen atoms in total. The third-order valence-corrected chi connectivity index (χ3v) is 3.45. The molecule has 8 heteroatoms. The number of rotatable bonds is 0. The maximum absolute atomic E-state index is 11.8. The normalized spacial score (nSPS) is 14.7. The van der Waals surface area contributed by atoms with Gasteiger partial charge in [-0.3, -0.25) is 0 Å². The number of esters is 2. The monoisotopic (exact) mass is 444 g/mol. The van der Waals surface area contributed by atoms with Gasteiger partial charge in [0.15, 0.2) is 0 Å². The summed E-state index contributed by atoms with van der Waals surface area (Å²) in [4.78, 5) is 47.0. The maximum Gasteiger partial charge on any atom is 0.346 e. The van der Waals surface area contributed by atoms with Crippen molar-refractivity contribution in [2.75, 3.05) is 0 Å². The molecule has 0 fully saturated rings. The van der Waals surface area contributed by atoms with E-state index in [9.17, 15) is 19.2 Å². The van der Waals surface area contributed by atoms with Gasteiger partial charge in [-0.1, -0.05) is 12.1 Å². The Morgan fingerprint density at radius 2 is 1.00 bits per heavy atom. The number of nitrogens with zero attached hydrogens (tertiary/aromatic N) is 1. The average Bonchev–Trinajstić information content (AvgIpc) is 2.42. The Balaban J connectivity index is 0.000000882. The largest absolute Gasteiger partial charge is 0.587 e. The second-order valence-corrected chi connectivity index (χ2v) is 4.47. The molecule has 0 saturated carbocycles. The van der Waals surface area contributed by atoms with Crippen LogP contribution in [0.25, 0.3) is 16.1 Å². The molecule has 2 radical (unpaired) electrons. The van der Waals surface area contributed by atoms with Crippen molar-refractivity contribution >= 4 is 34.5 Å². The van der Waals surface area contributed by atoms with E-state index in [1.54, 1.807) is 0 Å². The fourth-order valence-electron chi connectivity index (χ4n) is 2.60. The van der Waals surface area contributed by atoms with Crippen LogP contribution in [-0.4, -0.2) is 23.8 Å². The molecule has 2 aromatic rings. The van der Waals surface area contributed by atoms with E-state index in [0.29, 0.717) is 5.39 Å². The molecule has 2 aromatic carbocycles. The fourth-order valence-corrected chi connectivity index (χ4v) is 2.60. The Morgan fingerprint density at radius 3 is 1.45 bits per heavy atom. The van der Waals surface area contributed by atoms with Gasteiger partial charge in [0.25, 0.3) is 0 Å². The number of benzene rings is 2. The van der Waals surface area contributed by atoms with Gasteiger partial charge in [0.2, 0.25) is 0 Å². The predicted octanol–water partition coefficient (Wildman–Crippen LogP) is 1.81. The molecule has 0 unspecified atom stereocenters. The van der Waals surface area contributed by atoms with Gasteiger partial charge in [0, 0.05) is 87.3 Å². The summed E-state index contributed by atoms with van der Waals surface area (Å²) >= 11 is 0. The van der Waals surface area contributed by atoms with Crippen LogP contribution in [0.15, 0.2) is 24.3 Å². The molecule has 102 valence electrons. The molecule has 0 saturated heterocycles. The maximum atomic E-state index is 11.8. The molecule has 0 atom stereocenters. The molecule has 0 bridgehead atoms. The number of hydrogen-bond donors (Lipinski definition) is 0. The van der Waals surface area contributed by atoms with Crippen molar-refractivity contribution in [3.63, 3.8) is 0 Å². The molecule has 0 aliphatic carbocycles. The molecule has 0 aromatic heterocycles. The number of imide groups is 1. The van der Waals surface area contributed by atoms with E-state index in [0.717, 1.165) is 0 Å². The predicted molar refractivity (Wildman–Crippen MR) is 65.7 cm³/mol. The van der Waals surface area contributed by atoms with Crippen LogP contribution >= 0.6 is 0 Å². The SMILES string of the molecule is O=C1[N-]C(=O)c2ccc3c4c(ccc1c24)C(=O)OC3=O.[Y].[Y]. The van der Waals surface area contributed by atoms with Crippen LogP contribution < -0.4 is 0 Å². The van der Waals surface area contributed by atoms with Crippen LogP contribution in [-0.2, 0) is 70.2 Å². The molecular formula is C14H4NO5Y2-. The summed E-state index contributed by atoms with van der Waals surface area (Å²) in [5, 5.41) is 4.00. The molecule has 2 heterocycles. The standard InChI is InChI=1S/C14H5NO5.2Y/c16-11-5-1-3-7-10-8(14(19)20-13(7)18)4-2-6(9(5)10)12(17)15-11;;/h1-4H,(H,15,16,17);;/p-1. The number of cyclic esters (lactones) is 2. The van der Waals surface area contributed by atoms with Gasteiger partial charge in [-0.25, -0.2) is 9.59 Å². The van der Waals surface area contributed by atoms with Gasteiger partial charge in [-0.05, 0) is 12.1 Å². The number of carbonyl (C=O) groups excluding carboxylic acids is 4. The second-order valence-electron chi connectivity index (χ2n) is 4.47. The number of ether oxygens (including phenoxy) is 1. The molecule has 2 aliphatic heterocycles. The first-order chi connectivity index (χ1) is 9.58. The van der Waals surface area contributed by atoms with Gasteiger partial charge < -0.3 is 19.6 Å². The Kier molecular flexibility index (Phi) is 4.79. The van der Waals surface area contributed by atoms with Crippen LogP contribution in [0, 0.1) is 0 Å². The number of carbonyl (C=O) groups is 4. The van der Waals surface area contributed by atoms with E-state index in [-0.39, 0.29) is 93.1 Å². The first kappa shape index (κ1) is 17.5. The summed E-state index contributed by atoms with van der Waals surface area (Å²) in [7, 11) is 0. The van der Waals surface area contributed by atoms with Gasteiger partial charge in [-0.2, -0.15) is 0 Å². The zero-order valence-corrected chi connectivity index (χ0v) is 16.6. The van der Waals surface area contributed by atoms with Crippen LogP contribution in [0.5, 0.6) is 0 Å². The number of amides is 2. The van der Waals surface area contributed by atoms with E-state index in [4.69, 9.17) is 0 Å². The molecular weight excluding hydrogens is 440 g/mol. The number of hydrogen-bond acceptors (Lipinski definition) is 5. The van der Waals surface area contributed by atoms with Gasteiger partial charge in [0.1, 0.15) is 0 Å². The smallest absolute Gasteiger partial charge is 0.346 e. The minimum Gasteiger partial charge on any atom is -0.587 e. The first-order valence-corrected chi connectivity index (χ1v) is 5.74. The van der Waals surface area contributed by atoms with E-state index in [1.807, 2.05) is 0 Å². The summed E-state index contributed by atoms with van der Waals surface area (Å²) in [5.41, 5.74) is 0.760. The zero-order valence-electron chi connectivity index (χ0n) is 11.0. The third kappa shape index (κ3) is 2.24. The summed E-state index contributed by atoms with van der Waals surface area (Å²) in [6.07, 6.45) is 0. The van der Waals surface area contributed by atoms with Crippen LogP contribution in [0.4, 0.5) is 0 Å². The quantitative estimate of drug-likeness (QED) is 0.352. The topological polar surface area (TPSA) is 91.6 Å². The third-order valence-electron chi connectivity index (χ3n) is 3.45. The van der Waals surface area contributed by atoms with E-state index in [2.05, 4.69) is 10.1 Å². The van der Waals surface area contributed by atoms with Crippen molar-refractivity contribution in [3.8, 4) is 0 Å². The van der Waals surface area contributed by atoms with Crippen molar-refractivity contribution in [1.82, 2.24) is 0 Å². The van der Waals surface area contributed by atoms with Gasteiger partial charge >= 0.3 is 11.9 Å². The average molecular weight is 444 g/mol. The molecule has 0 N–H and O–H groups in total. The van der Waals surface area contributed by atoms with Crippen molar-refractivity contribution in [2.45, 2.75) is 0 Å². The summed E-state index contributed by atoms with van der Waals surface area (Å²) < 4.78 is 4.62. The first-order valence-electron chi connectivity index (χ1n) is 5.74. The molecule has 0 spiro atoms. The van der Waals surface area contributed by atoms with E-state index < -0.39 is 23.8 Å². The van der Waals surface area contributed by atoms with E-state index in [1.165, 1.54) is 24.3 Å². The summed E-state index contributed by atoms with van der Waals surface area (Å²) in [5.74, 6) is -2.91. The van der Waals surface area contributed by atoms with Crippen LogP contribution in [0.2, 0.25) is 0 Å². The summed E-state index contributed by atoms with van der Waals surface area (Å²) in [6, 6.07) is 5.65. The summed E-state index contributed by atoms with van der Waals surface area (Å²) in [6.45, 7) is 0. The minimum absolute atomic E-state index is 0. The fraction of sp³-hybridized carbons (Fsp3) is 0. The molecule has 4 rings (SSSR count). The van der Waals surface area contributed by atoms with Gasteiger partial charge in [0.05, 0.1) is 22.9 Å². The Labute approximate surface area is 174 Å². The Hall–Kier alpha value is -0.812. The van der Waals surface area contributed by atoms with Gasteiger partial charge in [-0.15, -0.1) is 0 Å². The Morgan fingerprint density at radius 1 is 0.636 bits per heavy atom. The van der Waals surface area contributed by atoms with Crippen molar-refractivity contribution in [3.05, 3.63) is 51.8 Å². The van der Waals surface area contributed by atoms with Crippen molar-refractivity contribution in [2.24, 2.45) is 0 Å². The zero-order chi connectivity index (χ0) is 14.0. The molecule has 22 heavy (non-hydrogen) atoms. The van der Waals surface area contributed by atoms with E-state index >= 15 is 0 Å². The molecule has 2 aliphatic rings. The van der Waals surface area contributed by atoms with Crippen LogP contribution in [0.1, 0.15) is 41.4 Å². The Bertz CT molecular complexity index is 751. The van der Waals surface area contributed by atoms with Crippen molar-refractivity contribution in [1.29, 1.82) is 0 Å². The van der Waals surface area contributed by atoms with Crippen LogP contribution in [0.3, 0.4) is 0 Å².